The van der Waals surface area contributed by atoms with E-state index in [0.717, 1.165) is 26.2 Å². The number of hydrogen-bond donors (Lipinski definition) is 1. The van der Waals surface area contributed by atoms with Crippen LogP contribution in [-0.4, -0.2) is 37.0 Å². The number of rotatable bonds is 2. The van der Waals surface area contributed by atoms with Gasteiger partial charge >= 0.3 is 0 Å². The van der Waals surface area contributed by atoms with Crippen LogP contribution in [0.2, 0.25) is 0 Å². The number of likely N-dealkylation sites (tertiary alicyclic amines) is 1. The molecule has 2 fully saturated rings. The number of piperidine rings is 1. The second kappa shape index (κ2) is 6.27. The Bertz CT molecular complexity index is 579. The number of aryl methyl sites for hydroxylation is 2. The normalized spacial score (nSPS) is 23.0. The Morgan fingerprint density at radius 3 is 2.61 bits per heavy atom. The van der Waals surface area contributed by atoms with E-state index in [4.69, 9.17) is 0 Å². The van der Waals surface area contributed by atoms with E-state index < -0.39 is 0 Å². The summed E-state index contributed by atoms with van der Waals surface area (Å²) in [5, 5.41) is 3.49. The number of carbonyl (C=O) groups excluding carboxylic acids is 1. The van der Waals surface area contributed by atoms with Gasteiger partial charge < -0.3 is 10.2 Å². The topological polar surface area (TPSA) is 32.3 Å². The van der Waals surface area contributed by atoms with Crippen molar-refractivity contribution in [1.82, 2.24) is 10.2 Å². The number of nitrogens with zero attached hydrogens (tertiary/aromatic N) is 1. The lowest BCUT2D eigenvalue weighted by molar-refractivity contribution is -0.132. The average molecular weight is 312 g/mol. The Morgan fingerprint density at radius 2 is 1.87 bits per heavy atom. The highest BCUT2D eigenvalue weighted by atomic mass is 16.2. The average Bonchev–Trinajstić information content (AvgIpc) is 3.03. The summed E-state index contributed by atoms with van der Waals surface area (Å²) < 4.78 is 0. The lowest BCUT2D eigenvalue weighted by atomic mass is 9.78. The van der Waals surface area contributed by atoms with E-state index in [1.54, 1.807) is 0 Å². The predicted octanol–water partition coefficient (Wildman–Crippen LogP) is 2.71. The van der Waals surface area contributed by atoms with Gasteiger partial charge in [0, 0.05) is 19.6 Å². The summed E-state index contributed by atoms with van der Waals surface area (Å²) in [6.07, 6.45) is 9.24. The smallest absolute Gasteiger partial charge is 0.226 e. The minimum absolute atomic E-state index is 0.321. The van der Waals surface area contributed by atoms with Crippen LogP contribution in [0.1, 0.15) is 48.8 Å². The van der Waals surface area contributed by atoms with Crippen molar-refractivity contribution < 1.29 is 4.79 Å². The van der Waals surface area contributed by atoms with E-state index in [2.05, 4.69) is 28.4 Å². The van der Waals surface area contributed by atoms with Crippen LogP contribution in [0.25, 0.3) is 0 Å². The molecule has 3 heteroatoms. The zero-order chi connectivity index (χ0) is 15.7. The van der Waals surface area contributed by atoms with E-state index in [1.807, 2.05) is 0 Å². The first-order chi connectivity index (χ1) is 11.2. The van der Waals surface area contributed by atoms with E-state index >= 15 is 0 Å². The lowest BCUT2D eigenvalue weighted by Gasteiger charge is -2.39. The summed E-state index contributed by atoms with van der Waals surface area (Å²) >= 11 is 0. The van der Waals surface area contributed by atoms with Crippen molar-refractivity contribution in [1.29, 1.82) is 0 Å². The zero-order valence-corrected chi connectivity index (χ0v) is 14.1. The van der Waals surface area contributed by atoms with Crippen molar-refractivity contribution in [2.24, 2.45) is 5.41 Å². The number of hydrogen-bond acceptors (Lipinski definition) is 2. The van der Waals surface area contributed by atoms with Crippen molar-refractivity contribution in [3.63, 3.8) is 0 Å². The van der Waals surface area contributed by atoms with Crippen LogP contribution >= 0.6 is 0 Å². The molecule has 0 aromatic heterocycles. The Morgan fingerprint density at radius 1 is 1.09 bits per heavy atom. The summed E-state index contributed by atoms with van der Waals surface area (Å²) in [7, 11) is 0. The second-order valence-electron chi connectivity index (χ2n) is 7.79. The molecule has 2 aliphatic heterocycles. The second-order valence-corrected chi connectivity index (χ2v) is 7.79. The molecule has 0 unspecified atom stereocenters. The third kappa shape index (κ3) is 3.16. The third-order valence-electron chi connectivity index (χ3n) is 6.28. The van der Waals surface area contributed by atoms with Gasteiger partial charge in [-0.05, 0) is 73.6 Å². The summed E-state index contributed by atoms with van der Waals surface area (Å²) in [4.78, 5) is 14.7. The quantitative estimate of drug-likeness (QED) is 0.910. The molecule has 3 aliphatic rings. The molecule has 2 saturated heterocycles. The standard InChI is InChI=1S/C20H28N2O/c23-19(22-11-8-20(9-12-22)7-10-21-15-20)14-16-5-6-17-3-1-2-4-18(17)13-16/h5-6,13,21H,1-4,7-12,14-15H2. The van der Waals surface area contributed by atoms with Crippen molar-refractivity contribution in [3.8, 4) is 0 Å². The SMILES string of the molecule is O=C(Cc1ccc2c(c1)CCCC2)N1CCC2(CCNC2)CC1. The van der Waals surface area contributed by atoms with Gasteiger partial charge in [0.05, 0.1) is 6.42 Å². The number of fused-ring (bicyclic) bond motifs is 1. The van der Waals surface area contributed by atoms with Crippen LogP contribution in [0.15, 0.2) is 18.2 Å². The predicted molar refractivity (Wildman–Crippen MR) is 92.5 cm³/mol. The van der Waals surface area contributed by atoms with E-state index in [0.29, 0.717) is 17.7 Å². The number of amides is 1. The monoisotopic (exact) mass is 312 g/mol. The van der Waals surface area contributed by atoms with Crippen LogP contribution in [0.4, 0.5) is 0 Å². The van der Waals surface area contributed by atoms with Gasteiger partial charge in [0.15, 0.2) is 0 Å². The maximum atomic E-state index is 12.6. The molecule has 23 heavy (non-hydrogen) atoms. The Labute approximate surface area is 139 Å². The van der Waals surface area contributed by atoms with Crippen molar-refractivity contribution in [2.45, 2.75) is 51.4 Å². The van der Waals surface area contributed by atoms with Crippen molar-refractivity contribution in [2.75, 3.05) is 26.2 Å². The minimum Gasteiger partial charge on any atom is -0.342 e. The Hall–Kier alpha value is -1.35. The van der Waals surface area contributed by atoms with Crippen LogP contribution < -0.4 is 5.32 Å². The zero-order valence-electron chi connectivity index (χ0n) is 14.1. The summed E-state index contributed by atoms with van der Waals surface area (Å²) in [6.45, 7) is 4.21. The minimum atomic E-state index is 0.321. The molecule has 1 aromatic carbocycles. The molecule has 1 spiro atoms. The molecule has 1 N–H and O–H groups in total. The molecule has 0 radical (unpaired) electrons. The molecular formula is C20H28N2O. The third-order valence-corrected chi connectivity index (χ3v) is 6.28. The van der Waals surface area contributed by atoms with Gasteiger partial charge in [-0.2, -0.15) is 0 Å². The largest absolute Gasteiger partial charge is 0.342 e. The highest BCUT2D eigenvalue weighted by Crippen LogP contribution is 2.37. The lowest BCUT2D eigenvalue weighted by Crippen LogP contribution is -2.44. The molecule has 2 heterocycles. The highest BCUT2D eigenvalue weighted by Gasteiger charge is 2.37. The first-order valence-electron chi connectivity index (χ1n) is 9.33. The molecule has 124 valence electrons. The molecule has 0 bridgehead atoms. The van der Waals surface area contributed by atoms with Crippen LogP contribution in [0, 0.1) is 5.41 Å². The Kier molecular flexibility index (Phi) is 4.14. The number of benzene rings is 1. The first kappa shape index (κ1) is 15.2. The fourth-order valence-electron chi connectivity index (χ4n) is 4.64. The maximum absolute atomic E-state index is 12.6. The molecule has 1 amide bonds. The molecule has 1 aliphatic carbocycles. The summed E-state index contributed by atoms with van der Waals surface area (Å²) in [5.74, 6) is 0.321. The van der Waals surface area contributed by atoms with Gasteiger partial charge in [-0.15, -0.1) is 0 Å². The number of carbonyl (C=O) groups is 1. The fourth-order valence-corrected chi connectivity index (χ4v) is 4.64. The molecule has 3 nitrogen and oxygen atoms in total. The van der Waals surface area contributed by atoms with Gasteiger partial charge in [-0.1, -0.05) is 18.2 Å². The highest BCUT2D eigenvalue weighted by molar-refractivity contribution is 5.79. The van der Waals surface area contributed by atoms with Gasteiger partial charge in [-0.25, -0.2) is 0 Å². The van der Waals surface area contributed by atoms with Crippen LogP contribution in [0.5, 0.6) is 0 Å². The van der Waals surface area contributed by atoms with Crippen LogP contribution in [0.3, 0.4) is 0 Å². The number of nitrogens with one attached hydrogen (secondary N) is 1. The van der Waals surface area contributed by atoms with Gasteiger partial charge in [0.2, 0.25) is 5.91 Å². The van der Waals surface area contributed by atoms with E-state index in [-0.39, 0.29) is 0 Å². The van der Waals surface area contributed by atoms with Crippen molar-refractivity contribution in [3.05, 3.63) is 34.9 Å². The summed E-state index contributed by atoms with van der Waals surface area (Å²) in [5.41, 5.74) is 4.68. The molecule has 1 aromatic rings. The fraction of sp³-hybridized carbons (Fsp3) is 0.650. The van der Waals surface area contributed by atoms with Crippen molar-refractivity contribution >= 4 is 5.91 Å². The van der Waals surface area contributed by atoms with Gasteiger partial charge in [0.25, 0.3) is 0 Å². The maximum Gasteiger partial charge on any atom is 0.226 e. The molecular weight excluding hydrogens is 284 g/mol. The molecule has 0 atom stereocenters. The van der Waals surface area contributed by atoms with E-state index in [9.17, 15) is 4.79 Å². The Balaban J connectivity index is 1.37. The first-order valence-corrected chi connectivity index (χ1v) is 9.33. The van der Waals surface area contributed by atoms with E-state index in [1.165, 1.54) is 61.6 Å². The van der Waals surface area contributed by atoms with Crippen LogP contribution in [-0.2, 0) is 24.1 Å². The molecule has 4 rings (SSSR count). The molecule has 0 saturated carbocycles. The van der Waals surface area contributed by atoms with Gasteiger partial charge in [-0.3, -0.25) is 4.79 Å². The van der Waals surface area contributed by atoms with Gasteiger partial charge in [0.1, 0.15) is 0 Å². The summed E-state index contributed by atoms with van der Waals surface area (Å²) in [6, 6.07) is 6.72.